The van der Waals surface area contributed by atoms with Gasteiger partial charge in [0.25, 0.3) is 0 Å². The van der Waals surface area contributed by atoms with Gasteiger partial charge in [-0.3, -0.25) is 4.79 Å². The molecule has 3 fully saturated rings. The van der Waals surface area contributed by atoms with E-state index in [2.05, 4.69) is 26.8 Å². The molecule has 24 heavy (non-hydrogen) atoms. The predicted molar refractivity (Wildman–Crippen MR) is 95.4 cm³/mol. The molecule has 0 unspecified atom stereocenters. The number of hydrogen-bond donors (Lipinski definition) is 0. The van der Waals surface area contributed by atoms with Gasteiger partial charge in [-0.15, -0.1) is 0 Å². The summed E-state index contributed by atoms with van der Waals surface area (Å²) >= 11 is 0. The number of Topliss-reactive ketones (excluding diaryl/α,β-unsaturated/α-hetero) is 1. The Hall–Kier alpha value is -0.660. The number of halogens is 1. The average Bonchev–Trinajstić information content (AvgIpc) is 2.81. The van der Waals surface area contributed by atoms with E-state index in [1.165, 1.54) is 24.8 Å². The molecule has 3 saturated carbocycles. The summed E-state index contributed by atoms with van der Waals surface area (Å²) in [6, 6.07) is 0. The molecule has 134 valence electrons. The monoisotopic (exact) mass is 332 g/mol. The Bertz CT molecular complexity index is 595. The first-order chi connectivity index (χ1) is 11.2. The van der Waals surface area contributed by atoms with Crippen LogP contribution in [-0.4, -0.2) is 12.0 Å². The highest BCUT2D eigenvalue weighted by Gasteiger charge is 2.63. The lowest BCUT2D eigenvalue weighted by atomic mass is 9.45. The van der Waals surface area contributed by atoms with Crippen molar-refractivity contribution in [1.29, 1.82) is 0 Å². The van der Waals surface area contributed by atoms with Crippen LogP contribution >= 0.6 is 0 Å². The molecule has 0 radical (unpaired) electrons. The maximum absolute atomic E-state index is 13.9. The zero-order valence-corrected chi connectivity index (χ0v) is 15.8. The molecule has 1 nitrogen and oxygen atoms in total. The number of carbonyl (C=O) groups excluding carboxylic acids is 1. The number of carbonyl (C=O) groups is 1. The molecule has 0 spiro atoms. The van der Waals surface area contributed by atoms with E-state index in [1.54, 1.807) is 0 Å². The topological polar surface area (TPSA) is 17.1 Å². The van der Waals surface area contributed by atoms with Gasteiger partial charge in [0.2, 0.25) is 0 Å². The quantitative estimate of drug-likeness (QED) is 0.548. The number of ketones is 1. The van der Waals surface area contributed by atoms with Gasteiger partial charge in [0.05, 0.1) is 0 Å². The molecule has 0 aromatic carbocycles. The fourth-order valence-corrected chi connectivity index (χ4v) is 7.46. The van der Waals surface area contributed by atoms with Crippen LogP contribution in [0.1, 0.15) is 79.1 Å². The molecule has 0 saturated heterocycles. The van der Waals surface area contributed by atoms with Crippen molar-refractivity contribution in [3.05, 3.63) is 11.6 Å². The van der Waals surface area contributed by atoms with Crippen molar-refractivity contribution in [3.8, 4) is 0 Å². The predicted octanol–water partition coefficient (Wildman–Crippen LogP) is 5.88. The Labute approximate surface area is 146 Å². The molecule has 0 aliphatic heterocycles. The lowest BCUT2D eigenvalue weighted by Gasteiger charge is -2.59. The summed E-state index contributed by atoms with van der Waals surface area (Å²) in [5.74, 6) is 2.47. The van der Waals surface area contributed by atoms with Crippen LogP contribution in [0.25, 0.3) is 0 Å². The lowest BCUT2D eigenvalue weighted by molar-refractivity contribution is -0.138. The molecule has 0 bridgehead atoms. The van der Waals surface area contributed by atoms with E-state index in [-0.39, 0.29) is 16.2 Å². The first-order valence-electron chi connectivity index (χ1n) is 10.1. The van der Waals surface area contributed by atoms with Crippen molar-refractivity contribution >= 4 is 5.78 Å². The third-order valence-electron chi connectivity index (χ3n) is 9.43. The molecule has 0 aromatic rings. The Morgan fingerprint density at radius 2 is 1.79 bits per heavy atom. The van der Waals surface area contributed by atoms with E-state index < -0.39 is 6.17 Å². The van der Waals surface area contributed by atoms with Crippen LogP contribution in [0.5, 0.6) is 0 Å². The number of allylic oxidation sites excluding steroid dienone is 2. The third-order valence-corrected chi connectivity index (χ3v) is 9.43. The molecule has 7 atom stereocenters. The van der Waals surface area contributed by atoms with E-state index in [0.717, 1.165) is 25.7 Å². The first kappa shape index (κ1) is 16.8. The van der Waals surface area contributed by atoms with Gasteiger partial charge in [0.1, 0.15) is 12.0 Å². The third kappa shape index (κ3) is 1.95. The Morgan fingerprint density at radius 3 is 2.50 bits per heavy atom. The number of hydrogen-bond acceptors (Lipinski definition) is 1. The van der Waals surface area contributed by atoms with Gasteiger partial charge in [-0.1, -0.05) is 32.4 Å². The van der Waals surface area contributed by atoms with Gasteiger partial charge < -0.3 is 0 Å². The van der Waals surface area contributed by atoms with Crippen LogP contribution in [-0.2, 0) is 4.79 Å². The number of alkyl halides is 1. The van der Waals surface area contributed by atoms with Crippen LogP contribution in [0.2, 0.25) is 0 Å². The van der Waals surface area contributed by atoms with Gasteiger partial charge in [-0.2, -0.15) is 0 Å². The SMILES string of the molecule is CC(=O)[C@@]1(C)CC[C@H]2[C@@H]3CC=C4C[C@@H](F)CC[C@]4(C)[C@H]3CC[C@@]21C. The molecular formula is C22H33FO. The summed E-state index contributed by atoms with van der Waals surface area (Å²) in [5, 5.41) is 0. The summed E-state index contributed by atoms with van der Waals surface area (Å²) in [6.07, 6.45) is 10.0. The van der Waals surface area contributed by atoms with Crippen molar-refractivity contribution in [3.63, 3.8) is 0 Å². The van der Waals surface area contributed by atoms with Crippen molar-refractivity contribution in [2.24, 2.45) is 34.0 Å². The van der Waals surface area contributed by atoms with Gasteiger partial charge in [-0.05, 0) is 80.5 Å². The van der Waals surface area contributed by atoms with Gasteiger partial charge in [0, 0.05) is 11.8 Å². The molecule has 0 N–H and O–H groups in total. The Balaban J connectivity index is 1.69. The number of fused-ring (bicyclic) bond motifs is 5. The van der Waals surface area contributed by atoms with Crippen LogP contribution in [0, 0.1) is 34.0 Å². The van der Waals surface area contributed by atoms with E-state index in [0.29, 0.717) is 30.0 Å². The zero-order valence-electron chi connectivity index (χ0n) is 15.8. The highest BCUT2D eigenvalue weighted by molar-refractivity contribution is 5.83. The summed E-state index contributed by atoms with van der Waals surface area (Å²) in [5.41, 5.74) is 1.67. The van der Waals surface area contributed by atoms with E-state index in [9.17, 15) is 9.18 Å². The highest BCUT2D eigenvalue weighted by Crippen LogP contribution is 2.69. The molecule has 0 amide bonds. The second-order valence-electron chi connectivity index (χ2n) is 9.98. The maximum atomic E-state index is 13.9. The molecule has 0 heterocycles. The highest BCUT2D eigenvalue weighted by atomic mass is 19.1. The smallest absolute Gasteiger partial charge is 0.136 e. The molecule has 4 aliphatic rings. The second kappa shape index (κ2) is 5.17. The van der Waals surface area contributed by atoms with E-state index in [4.69, 9.17) is 0 Å². The van der Waals surface area contributed by atoms with Crippen LogP contribution < -0.4 is 0 Å². The largest absolute Gasteiger partial charge is 0.299 e. The van der Waals surface area contributed by atoms with Crippen LogP contribution in [0.15, 0.2) is 11.6 Å². The standard InChI is InChI=1S/C22H33FO/c1-14(24)21(3)11-9-19-17-6-5-15-13-16(23)7-10-20(15,2)18(17)8-12-22(19,21)4/h5,16-19H,6-13H2,1-4H3/t16-,17+,18-,19-,20-,21+,22-/m0/s1. The second-order valence-corrected chi connectivity index (χ2v) is 9.98. The van der Waals surface area contributed by atoms with Crippen molar-refractivity contribution in [2.75, 3.05) is 0 Å². The van der Waals surface area contributed by atoms with Crippen LogP contribution in [0.4, 0.5) is 4.39 Å². The molecule has 4 aliphatic carbocycles. The van der Waals surface area contributed by atoms with E-state index in [1.807, 2.05) is 6.92 Å². The molecule has 4 rings (SSSR count). The van der Waals surface area contributed by atoms with Gasteiger partial charge >= 0.3 is 0 Å². The molecule has 2 heteroatoms. The summed E-state index contributed by atoms with van der Waals surface area (Å²) < 4.78 is 13.9. The van der Waals surface area contributed by atoms with Crippen molar-refractivity contribution in [2.45, 2.75) is 85.2 Å². The molecular weight excluding hydrogens is 299 g/mol. The minimum atomic E-state index is -0.623. The molecule has 0 aromatic heterocycles. The fourth-order valence-electron chi connectivity index (χ4n) is 7.46. The van der Waals surface area contributed by atoms with Gasteiger partial charge in [-0.25, -0.2) is 4.39 Å². The summed E-state index contributed by atoms with van der Waals surface area (Å²) in [7, 11) is 0. The maximum Gasteiger partial charge on any atom is 0.136 e. The first-order valence-corrected chi connectivity index (χ1v) is 10.1. The lowest BCUT2D eigenvalue weighted by Crippen LogP contribution is -2.53. The Kier molecular flexibility index (Phi) is 3.62. The minimum Gasteiger partial charge on any atom is -0.299 e. The van der Waals surface area contributed by atoms with E-state index >= 15 is 0 Å². The zero-order chi connectivity index (χ0) is 17.3. The van der Waals surface area contributed by atoms with Crippen LogP contribution in [0.3, 0.4) is 0 Å². The summed E-state index contributed by atoms with van der Waals surface area (Å²) in [4.78, 5) is 12.5. The normalized spacial score (nSPS) is 53.6. The summed E-state index contributed by atoms with van der Waals surface area (Å²) in [6.45, 7) is 8.86. The minimum absolute atomic E-state index is 0.135. The number of rotatable bonds is 1. The fraction of sp³-hybridized carbons (Fsp3) is 0.864. The van der Waals surface area contributed by atoms with Crippen molar-refractivity contribution < 1.29 is 9.18 Å². The Morgan fingerprint density at radius 1 is 1.08 bits per heavy atom. The van der Waals surface area contributed by atoms with Crippen molar-refractivity contribution in [1.82, 2.24) is 0 Å². The van der Waals surface area contributed by atoms with Gasteiger partial charge in [0.15, 0.2) is 0 Å². The average molecular weight is 333 g/mol.